The van der Waals surface area contributed by atoms with Crippen molar-refractivity contribution < 1.29 is 14.6 Å². The van der Waals surface area contributed by atoms with E-state index in [-0.39, 0.29) is 5.78 Å². The fourth-order valence-electron chi connectivity index (χ4n) is 2.83. The van der Waals surface area contributed by atoms with Crippen LogP contribution in [0.1, 0.15) is 30.3 Å². The number of rotatable bonds is 4. The molecule has 1 aliphatic rings. The van der Waals surface area contributed by atoms with Crippen molar-refractivity contribution in [3.63, 3.8) is 0 Å². The molecule has 3 rings (SSSR count). The lowest BCUT2D eigenvalue weighted by molar-refractivity contribution is 0.101. The second-order valence-corrected chi connectivity index (χ2v) is 5.67. The summed E-state index contributed by atoms with van der Waals surface area (Å²) in [5.74, 6) is 1.25. The standard InChI is InChI=1S/C16H20N4O3/c1-11(21)15-16(19-9-3-4-13(22)10-19)20(18-17-15)12-5-7-14(23-2)8-6-12/h5-8,13,22H,3-4,9-10H2,1-2H3. The minimum absolute atomic E-state index is 0.139. The molecule has 1 N–H and O–H groups in total. The Labute approximate surface area is 134 Å². The second kappa shape index (κ2) is 6.37. The molecule has 0 saturated carbocycles. The highest BCUT2D eigenvalue weighted by molar-refractivity contribution is 5.97. The number of ketones is 1. The lowest BCUT2D eigenvalue weighted by atomic mass is 10.1. The summed E-state index contributed by atoms with van der Waals surface area (Å²) in [7, 11) is 1.61. The van der Waals surface area contributed by atoms with Gasteiger partial charge in [-0.25, -0.2) is 0 Å². The molecule has 0 bridgehead atoms. The number of anilines is 1. The topological polar surface area (TPSA) is 80.5 Å². The molecule has 0 aliphatic carbocycles. The Kier molecular flexibility index (Phi) is 4.29. The fraction of sp³-hybridized carbons (Fsp3) is 0.438. The number of methoxy groups -OCH3 is 1. The van der Waals surface area contributed by atoms with Crippen LogP contribution in [-0.4, -0.2) is 52.2 Å². The van der Waals surface area contributed by atoms with E-state index in [4.69, 9.17) is 4.74 Å². The lowest BCUT2D eigenvalue weighted by Crippen LogP contribution is -2.40. The van der Waals surface area contributed by atoms with Gasteiger partial charge in [0.05, 0.1) is 18.9 Å². The third-order valence-electron chi connectivity index (χ3n) is 3.99. The smallest absolute Gasteiger partial charge is 0.183 e. The van der Waals surface area contributed by atoms with Crippen molar-refractivity contribution in [3.8, 4) is 11.4 Å². The van der Waals surface area contributed by atoms with Crippen LogP contribution in [0.5, 0.6) is 5.75 Å². The van der Waals surface area contributed by atoms with Crippen molar-refractivity contribution in [2.75, 3.05) is 25.1 Å². The number of carbonyl (C=O) groups is 1. The molecule has 1 unspecified atom stereocenters. The maximum Gasteiger partial charge on any atom is 0.183 e. The summed E-state index contributed by atoms with van der Waals surface area (Å²) in [5, 5.41) is 18.1. The van der Waals surface area contributed by atoms with E-state index < -0.39 is 6.10 Å². The van der Waals surface area contributed by atoms with Crippen molar-refractivity contribution in [2.45, 2.75) is 25.9 Å². The van der Waals surface area contributed by atoms with E-state index in [0.29, 0.717) is 18.1 Å². The monoisotopic (exact) mass is 316 g/mol. The SMILES string of the molecule is COc1ccc(-n2nnc(C(C)=O)c2N2CCCC(O)C2)cc1. The van der Waals surface area contributed by atoms with Crippen LogP contribution in [0.2, 0.25) is 0 Å². The molecule has 1 atom stereocenters. The summed E-state index contributed by atoms with van der Waals surface area (Å²) in [6.45, 7) is 2.72. The summed E-state index contributed by atoms with van der Waals surface area (Å²) in [5.41, 5.74) is 1.12. The van der Waals surface area contributed by atoms with Crippen LogP contribution in [0.25, 0.3) is 5.69 Å². The van der Waals surface area contributed by atoms with Crippen molar-refractivity contribution in [1.29, 1.82) is 0 Å². The van der Waals surface area contributed by atoms with Crippen LogP contribution < -0.4 is 9.64 Å². The Morgan fingerprint density at radius 3 is 2.70 bits per heavy atom. The van der Waals surface area contributed by atoms with Crippen molar-refractivity contribution in [2.24, 2.45) is 0 Å². The van der Waals surface area contributed by atoms with Crippen molar-refractivity contribution in [1.82, 2.24) is 15.0 Å². The van der Waals surface area contributed by atoms with Crippen LogP contribution >= 0.6 is 0 Å². The van der Waals surface area contributed by atoms with Gasteiger partial charge in [-0.1, -0.05) is 5.21 Å². The van der Waals surface area contributed by atoms with Crippen LogP contribution in [0, 0.1) is 0 Å². The minimum atomic E-state index is -0.400. The highest BCUT2D eigenvalue weighted by atomic mass is 16.5. The molecule has 1 aromatic carbocycles. The van der Waals surface area contributed by atoms with Crippen molar-refractivity contribution in [3.05, 3.63) is 30.0 Å². The summed E-state index contributed by atoms with van der Waals surface area (Å²) in [6.07, 6.45) is 1.24. The average molecular weight is 316 g/mol. The van der Waals surface area contributed by atoms with E-state index in [1.54, 1.807) is 11.8 Å². The number of β-amino-alcohol motifs (C(OH)–C–C–N with tert-alkyl or cyclic N) is 1. The van der Waals surface area contributed by atoms with Crippen LogP contribution in [0.3, 0.4) is 0 Å². The van der Waals surface area contributed by atoms with E-state index in [1.807, 2.05) is 29.2 Å². The molecule has 2 aromatic rings. The molecule has 122 valence electrons. The Morgan fingerprint density at radius 2 is 2.09 bits per heavy atom. The third-order valence-corrected chi connectivity index (χ3v) is 3.99. The van der Waals surface area contributed by atoms with Gasteiger partial charge >= 0.3 is 0 Å². The summed E-state index contributed by atoms with van der Waals surface area (Å²) in [4.78, 5) is 13.9. The van der Waals surface area contributed by atoms with Gasteiger partial charge in [-0.3, -0.25) is 4.79 Å². The van der Waals surface area contributed by atoms with E-state index in [2.05, 4.69) is 10.3 Å². The zero-order valence-corrected chi connectivity index (χ0v) is 13.3. The largest absolute Gasteiger partial charge is 0.497 e. The maximum atomic E-state index is 11.9. The number of hydrogen-bond acceptors (Lipinski definition) is 6. The summed E-state index contributed by atoms with van der Waals surface area (Å²) >= 11 is 0. The first-order chi connectivity index (χ1) is 11.1. The van der Waals surface area contributed by atoms with Gasteiger partial charge < -0.3 is 14.7 Å². The normalized spacial score (nSPS) is 18.0. The second-order valence-electron chi connectivity index (χ2n) is 5.67. The number of carbonyl (C=O) groups excluding carboxylic acids is 1. The zero-order valence-electron chi connectivity index (χ0n) is 13.3. The van der Waals surface area contributed by atoms with Crippen LogP contribution in [0.15, 0.2) is 24.3 Å². The number of aliphatic hydroxyl groups is 1. The molecule has 1 fully saturated rings. The van der Waals surface area contributed by atoms with Gasteiger partial charge in [0, 0.05) is 20.0 Å². The Hall–Kier alpha value is -2.41. The molecule has 7 nitrogen and oxygen atoms in total. The zero-order chi connectivity index (χ0) is 16.4. The molecule has 23 heavy (non-hydrogen) atoms. The van der Waals surface area contributed by atoms with E-state index >= 15 is 0 Å². The molecule has 1 aliphatic heterocycles. The Balaban J connectivity index is 2.04. The van der Waals surface area contributed by atoms with Gasteiger partial charge in [0.25, 0.3) is 0 Å². The van der Waals surface area contributed by atoms with Gasteiger partial charge in [0.15, 0.2) is 17.3 Å². The number of benzene rings is 1. The molecule has 0 spiro atoms. The Bertz CT molecular complexity index is 696. The number of aromatic nitrogens is 3. The van der Waals surface area contributed by atoms with Gasteiger partial charge in [-0.15, -0.1) is 5.10 Å². The number of nitrogens with zero attached hydrogens (tertiary/aromatic N) is 4. The average Bonchev–Trinajstić information content (AvgIpc) is 3.00. The fourth-order valence-corrected chi connectivity index (χ4v) is 2.83. The molecule has 7 heteroatoms. The molecular formula is C16H20N4O3. The molecular weight excluding hydrogens is 296 g/mol. The van der Waals surface area contributed by atoms with E-state index in [0.717, 1.165) is 30.8 Å². The van der Waals surface area contributed by atoms with E-state index in [9.17, 15) is 9.90 Å². The summed E-state index contributed by atoms with van der Waals surface area (Å²) in [6, 6.07) is 7.39. The Morgan fingerprint density at radius 1 is 1.35 bits per heavy atom. The highest BCUT2D eigenvalue weighted by Gasteiger charge is 2.27. The molecule has 1 aromatic heterocycles. The molecule has 0 amide bonds. The number of aliphatic hydroxyl groups excluding tert-OH is 1. The third kappa shape index (κ3) is 3.05. The number of ether oxygens (including phenoxy) is 1. The van der Waals surface area contributed by atoms with E-state index in [1.165, 1.54) is 6.92 Å². The number of Topliss-reactive ketones (excluding diaryl/α,β-unsaturated/α-hetero) is 1. The molecule has 2 heterocycles. The predicted octanol–water partition coefficient (Wildman–Crippen LogP) is 1.44. The lowest BCUT2D eigenvalue weighted by Gasteiger charge is -2.32. The van der Waals surface area contributed by atoms with Crippen LogP contribution in [-0.2, 0) is 0 Å². The first kappa shape index (κ1) is 15.5. The quantitative estimate of drug-likeness (QED) is 0.860. The van der Waals surface area contributed by atoms with Gasteiger partial charge in [0.1, 0.15) is 5.75 Å². The predicted molar refractivity (Wildman–Crippen MR) is 85.4 cm³/mol. The highest BCUT2D eigenvalue weighted by Crippen LogP contribution is 2.27. The van der Waals surface area contributed by atoms with Gasteiger partial charge in [-0.2, -0.15) is 4.68 Å². The van der Waals surface area contributed by atoms with Gasteiger partial charge in [-0.05, 0) is 37.1 Å². The first-order valence-corrected chi connectivity index (χ1v) is 7.64. The first-order valence-electron chi connectivity index (χ1n) is 7.64. The molecule has 1 saturated heterocycles. The minimum Gasteiger partial charge on any atom is -0.497 e. The number of piperidine rings is 1. The van der Waals surface area contributed by atoms with Crippen LogP contribution in [0.4, 0.5) is 5.82 Å². The maximum absolute atomic E-state index is 11.9. The molecule has 0 radical (unpaired) electrons. The van der Waals surface area contributed by atoms with Gasteiger partial charge in [0.2, 0.25) is 0 Å². The number of hydrogen-bond donors (Lipinski definition) is 1. The van der Waals surface area contributed by atoms with Crippen molar-refractivity contribution >= 4 is 11.6 Å². The summed E-state index contributed by atoms with van der Waals surface area (Å²) < 4.78 is 6.81.